The Morgan fingerprint density at radius 3 is 2.87 bits per heavy atom. The largest absolute Gasteiger partial charge is 0.453 e. The van der Waals surface area contributed by atoms with Crippen molar-refractivity contribution in [2.24, 2.45) is 0 Å². The standard InChI is InChI=1S/C27H28FN5O4S/c1-36-11-10-33(16-34)15-17-2-6-21(30-14-17)25-13-22-26(38-25)24(8-9-29-22)37-23-7-5-19(12-20(23)28)32-27(35)31-18-3-4-18/h2,5-8,12-14,16,18,29H,3-4,9-11,15H2,1H3,(H2,31,32,35). The van der Waals surface area contributed by atoms with Crippen molar-refractivity contribution in [2.75, 3.05) is 37.4 Å². The lowest BCUT2D eigenvalue weighted by Crippen LogP contribution is -2.30. The second-order valence-electron chi connectivity index (χ2n) is 9.04. The number of hydrogen-bond acceptors (Lipinski definition) is 7. The van der Waals surface area contributed by atoms with Crippen molar-refractivity contribution in [1.82, 2.24) is 15.2 Å². The molecule has 0 unspecified atom stereocenters. The van der Waals surface area contributed by atoms with Crippen LogP contribution in [0.3, 0.4) is 0 Å². The summed E-state index contributed by atoms with van der Waals surface area (Å²) in [7, 11) is 1.60. The first kappa shape index (κ1) is 25.7. The number of ether oxygens (including phenoxy) is 2. The maximum absolute atomic E-state index is 14.8. The molecule has 0 atom stereocenters. The fourth-order valence-corrected chi connectivity index (χ4v) is 4.99. The zero-order valence-electron chi connectivity index (χ0n) is 20.8. The Labute approximate surface area is 223 Å². The quantitative estimate of drug-likeness (QED) is 0.307. The summed E-state index contributed by atoms with van der Waals surface area (Å²) in [5, 5.41) is 8.77. The molecule has 0 saturated heterocycles. The lowest BCUT2D eigenvalue weighted by Gasteiger charge is -2.17. The van der Waals surface area contributed by atoms with Crippen molar-refractivity contribution in [1.29, 1.82) is 0 Å². The van der Waals surface area contributed by atoms with Gasteiger partial charge in [-0.25, -0.2) is 9.18 Å². The summed E-state index contributed by atoms with van der Waals surface area (Å²) >= 11 is 1.49. The molecule has 3 aromatic rings. The minimum absolute atomic E-state index is 0.0721. The Kier molecular flexibility index (Phi) is 7.85. The molecule has 3 amide bonds. The van der Waals surface area contributed by atoms with Crippen molar-refractivity contribution in [2.45, 2.75) is 25.4 Å². The zero-order valence-corrected chi connectivity index (χ0v) is 21.6. The monoisotopic (exact) mass is 537 g/mol. The van der Waals surface area contributed by atoms with Gasteiger partial charge in [0.25, 0.3) is 0 Å². The SMILES string of the molecule is COCCN(C=O)Cc1ccc(-c2cc3c(s2)C(Oc2ccc(NC(=O)NC4CC4)cc2F)=CCN3)nc1. The highest BCUT2D eigenvalue weighted by Crippen LogP contribution is 2.41. The third-order valence-electron chi connectivity index (χ3n) is 6.05. The fraction of sp³-hybridized carbons (Fsp3) is 0.296. The van der Waals surface area contributed by atoms with Gasteiger partial charge >= 0.3 is 6.03 Å². The van der Waals surface area contributed by atoms with E-state index in [-0.39, 0.29) is 17.8 Å². The lowest BCUT2D eigenvalue weighted by molar-refractivity contribution is -0.119. The third-order valence-corrected chi connectivity index (χ3v) is 7.22. The van der Waals surface area contributed by atoms with Gasteiger partial charge in [0.2, 0.25) is 6.41 Å². The van der Waals surface area contributed by atoms with Crippen LogP contribution in [0, 0.1) is 5.82 Å². The number of methoxy groups -OCH3 is 1. The molecule has 1 aliphatic heterocycles. The maximum Gasteiger partial charge on any atom is 0.319 e. The number of fused-ring (bicyclic) bond motifs is 1. The Morgan fingerprint density at radius 1 is 1.29 bits per heavy atom. The molecule has 5 rings (SSSR count). The van der Waals surface area contributed by atoms with E-state index in [1.54, 1.807) is 24.3 Å². The van der Waals surface area contributed by atoms with Gasteiger partial charge < -0.3 is 30.3 Å². The molecule has 9 nitrogen and oxygen atoms in total. The number of urea groups is 1. The smallest absolute Gasteiger partial charge is 0.319 e. The van der Waals surface area contributed by atoms with Crippen molar-refractivity contribution in [3.63, 3.8) is 0 Å². The number of carbonyl (C=O) groups excluding carboxylic acids is 2. The molecule has 2 aliphatic rings. The van der Waals surface area contributed by atoms with Gasteiger partial charge in [-0.15, -0.1) is 11.3 Å². The van der Waals surface area contributed by atoms with Gasteiger partial charge in [-0.05, 0) is 48.7 Å². The average Bonchev–Trinajstić information content (AvgIpc) is 3.62. The average molecular weight is 538 g/mol. The first-order valence-electron chi connectivity index (χ1n) is 12.3. The van der Waals surface area contributed by atoms with Crippen molar-refractivity contribution >= 4 is 40.9 Å². The molecule has 1 saturated carbocycles. The van der Waals surface area contributed by atoms with E-state index in [0.717, 1.165) is 46.0 Å². The number of nitrogens with one attached hydrogen (secondary N) is 3. The highest BCUT2D eigenvalue weighted by atomic mass is 32.1. The summed E-state index contributed by atoms with van der Waals surface area (Å²) in [5.74, 6) is 0.0551. The van der Waals surface area contributed by atoms with E-state index < -0.39 is 5.82 Å². The Hall–Kier alpha value is -3.96. The van der Waals surface area contributed by atoms with E-state index in [9.17, 15) is 14.0 Å². The summed E-state index contributed by atoms with van der Waals surface area (Å²) in [6, 6.07) is 10.1. The Bertz CT molecular complexity index is 1340. The van der Waals surface area contributed by atoms with E-state index in [0.29, 0.717) is 37.7 Å². The number of rotatable bonds is 11. The molecule has 2 aromatic heterocycles. The Morgan fingerprint density at radius 2 is 2.16 bits per heavy atom. The molecule has 11 heteroatoms. The van der Waals surface area contributed by atoms with Crippen LogP contribution in [-0.2, 0) is 16.1 Å². The van der Waals surface area contributed by atoms with Gasteiger partial charge in [0.15, 0.2) is 11.6 Å². The molecule has 3 heterocycles. The second-order valence-corrected chi connectivity index (χ2v) is 10.1. The van der Waals surface area contributed by atoms with Crippen molar-refractivity contribution in [3.05, 3.63) is 64.9 Å². The number of aromatic nitrogens is 1. The minimum atomic E-state index is -0.570. The van der Waals surface area contributed by atoms with Gasteiger partial charge in [-0.3, -0.25) is 9.78 Å². The first-order valence-corrected chi connectivity index (χ1v) is 13.1. The number of hydrogen-bond donors (Lipinski definition) is 3. The summed E-state index contributed by atoms with van der Waals surface area (Å²) in [6.07, 6.45) is 6.37. The number of thiophene rings is 1. The molecule has 3 N–H and O–H groups in total. The van der Waals surface area contributed by atoms with Gasteiger partial charge in [0.1, 0.15) is 5.76 Å². The van der Waals surface area contributed by atoms with E-state index in [4.69, 9.17) is 9.47 Å². The highest BCUT2D eigenvalue weighted by Gasteiger charge is 2.24. The second kappa shape index (κ2) is 11.6. The van der Waals surface area contributed by atoms with Crippen LogP contribution in [0.15, 0.2) is 48.7 Å². The summed E-state index contributed by atoms with van der Waals surface area (Å²) in [6.45, 7) is 1.97. The van der Waals surface area contributed by atoms with Crippen LogP contribution in [0.5, 0.6) is 5.75 Å². The zero-order chi connectivity index (χ0) is 26.5. The third kappa shape index (κ3) is 6.29. The van der Waals surface area contributed by atoms with E-state index >= 15 is 0 Å². The van der Waals surface area contributed by atoms with Crippen molar-refractivity contribution < 1.29 is 23.5 Å². The van der Waals surface area contributed by atoms with Crippen LogP contribution >= 0.6 is 11.3 Å². The van der Waals surface area contributed by atoms with Gasteiger partial charge in [-0.1, -0.05) is 6.07 Å². The molecule has 0 spiro atoms. The molecular formula is C27H28FN5O4S. The van der Waals surface area contributed by atoms with Crippen LogP contribution < -0.4 is 20.7 Å². The van der Waals surface area contributed by atoms with Crippen molar-refractivity contribution in [3.8, 4) is 16.3 Å². The molecular weight excluding hydrogens is 509 g/mol. The first-order chi connectivity index (χ1) is 18.5. The molecule has 0 bridgehead atoms. The number of anilines is 2. The van der Waals surface area contributed by atoms with Gasteiger partial charge in [-0.2, -0.15) is 0 Å². The number of carbonyl (C=O) groups is 2. The molecule has 38 heavy (non-hydrogen) atoms. The van der Waals surface area contributed by atoms with Crippen LogP contribution in [0.25, 0.3) is 16.3 Å². The normalized spacial score (nSPS) is 14.1. The summed E-state index contributed by atoms with van der Waals surface area (Å²) < 4.78 is 25.8. The number of nitrogens with zero attached hydrogens (tertiary/aromatic N) is 2. The van der Waals surface area contributed by atoms with E-state index in [2.05, 4.69) is 20.9 Å². The lowest BCUT2D eigenvalue weighted by atomic mass is 10.2. The number of pyridine rings is 1. The van der Waals surface area contributed by atoms with E-state index in [1.807, 2.05) is 24.3 Å². The number of amides is 3. The Balaban J connectivity index is 1.26. The topological polar surface area (TPSA) is 105 Å². The van der Waals surface area contributed by atoms with Crippen LogP contribution in [0.2, 0.25) is 0 Å². The summed E-state index contributed by atoms with van der Waals surface area (Å²) in [4.78, 5) is 31.2. The maximum atomic E-state index is 14.8. The predicted octanol–water partition coefficient (Wildman–Crippen LogP) is 4.68. The fourth-order valence-electron chi connectivity index (χ4n) is 3.90. The number of halogens is 1. The molecule has 1 aromatic carbocycles. The van der Waals surface area contributed by atoms with Crippen LogP contribution in [0.1, 0.15) is 23.3 Å². The van der Waals surface area contributed by atoms with Crippen LogP contribution in [0.4, 0.5) is 20.6 Å². The summed E-state index contributed by atoms with van der Waals surface area (Å²) in [5.41, 5.74) is 2.94. The minimum Gasteiger partial charge on any atom is -0.453 e. The number of benzene rings is 1. The van der Waals surface area contributed by atoms with Gasteiger partial charge in [0.05, 0.1) is 27.7 Å². The molecule has 1 aliphatic carbocycles. The van der Waals surface area contributed by atoms with Gasteiger partial charge in [0, 0.05) is 50.7 Å². The molecule has 0 radical (unpaired) electrons. The molecule has 198 valence electrons. The van der Waals surface area contributed by atoms with E-state index in [1.165, 1.54) is 23.5 Å². The molecule has 1 fully saturated rings. The highest BCUT2D eigenvalue weighted by molar-refractivity contribution is 7.17. The van der Waals surface area contributed by atoms with Crippen LogP contribution in [-0.4, -0.2) is 55.2 Å². The predicted molar refractivity (Wildman–Crippen MR) is 145 cm³/mol.